The maximum absolute atomic E-state index is 12.6. The molecule has 1 amide bonds. The highest BCUT2D eigenvalue weighted by molar-refractivity contribution is 6.32. The molecule has 15 heavy (non-hydrogen) atoms. The molecule has 0 heterocycles. The number of carbonyl (C=O) groups excluding carboxylic acids is 1. The van der Waals surface area contributed by atoms with Crippen molar-refractivity contribution in [2.75, 3.05) is 13.2 Å². The van der Waals surface area contributed by atoms with Gasteiger partial charge in [0.05, 0.1) is 11.6 Å². The normalized spacial score (nSPS) is 9.80. The van der Waals surface area contributed by atoms with Crippen LogP contribution in [0.5, 0.6) is 5.75 Å². The van der Waals surface area contributed by atoms with Gasteiger partial charge in [0.25, 0.3) is 0 Å². The van der Waals surface area contributed by atoms with E-state index < -0.39 is 5.82 Å². The van der Waals surface area contributed by atoms with Gasteiger partial charge in [-0.2, -0.15) is 0 Å². The van der Waals surface area contributed by atoms with Gasteiger partial charge in [0, 0.05) is 6.92 Å². The number of nitrogens with one attached hydrogen (secondary N) is 1. The molecule has 0 fully saturated rings. The lowest BCUT2D eigenvalue weighted by Crippen LogP contribution is -2.25. The fourth-order valence-corrected chi connectivity index (χ4v) is 1.20. The second kappa shape index (κ2) is 5.56. The molecule has 0 spiro atoms. The molecule has 0 saturated heterocycles. The Morgan fingerprint density at radius 2 is 2.33 bits per heavy atom. The monoisotopic (exact) mass is 231 g/mol. The molecular weight excluding hydrogens is 221 g/mol. The lowest BCUT2D eigenvalue weighted by molar-refractivity contribution is -0.119. The van der Waals surface area contributed by atoms with E-state index in [9.17, 15) is 9.18 Å². The number of ether oxygens (including phenoxy) is 1. The van der Waals surface area contributed by atoms with E-state index in [1.165, 1.54) is 25.1 Å². The van der Waals surface area contributed by atoms with Gasteiger partial charge in [-0.1, -0.05) is 11.6 Å². The lowest BCUT2D eigenvalue weighted by Gasteiger charge is -2.07. The van der Waals surface area contributed by atoms with E-state index in [4.69, 9.17) is 16.3 Å². The molecule has 0 atom stereocenters. The summed E-state index contributed by atoms with van der Waals surface area (Å²) in [4.78, 5) is 10.5. The predicted octanol–water partition coefficient (Wildman–Crippen LogP) is 1.99. The highest BCUT2D eigenvalue weighted by atomic mass is 35.5. The SMILES string of the molecule is CC(=O)NCCOc1ccc(F)cc1Cl. The zero-order valence-electron chi connectivity index (χ0n) is 8.22. The topological polar surface area (TPSA) is 38.3 Å². The molecule has 1 aromatic rings. The summed E-state index contributed by atoms with van der Waals surface area (Å²) in [6.45, 7) is 2.11. The summed E-state index contributed by atoms with van der Waals surface area (Å²) in [6.07, 6.45) is 0. The van der Waals surface area contributed by atoms with Crippen molar-refractivity contribution in [1.29, 1.82) is 0 Å². The van der Waals surface area contributed by atoms with Crippen molar-refractivity contribution in [2.45, 2.75) is 6.92 Å². The second-order valence-electron chi connectivity index (χ2n) is 2.91. The average molecular weight is 232 g/mol. The minimum absolute atomic E-state index is 0.121. The molecule has 0 saturated carbocycles. The van der Waals surface area contributed by atoms with Crippen LogP contribution >= 0.6 is 11.6 Å². The molecule has 0 aliphatic heterocycles. The minimum atomic E-state index is -0.408. The molecule has 0 aliphatic rings. The van der Waals surface area contributed by atoms with Crippen LogP contribution in [-0.4, -0.2) is 19.1 Å². The number of halogens is 2. The van der Waals surface area contributed by atoms with Crippen molar-refractivity contribution in [2.24, 2.45) is 0 Å². The number of benzene rings is 1. The van der Waals surface area contributed by atoms with Gasteiger partial charge in [-0.25, -0.2) is 4.39 Å². The van der Waals surface area contributed by atoms with Crippen molar-refractivity contribution < 1.29 is 13.9 Å². The van der Waals surface area contributed by atoms with Crippen molar-refractivity contribution in [3.8, 4) is 5.75 Å². The standard InChI is InChI=1S/C10H11ClFNO2/c1-7(14)13-4-5-15-10-3-2-8(12)6-9(10)11/h2-3,6H,4-5H2,1H3,(H,13,14). The molecule has 0 unspecified atom stereocenters. The fraction of sp³-hybridized carbons (Fsp3) is 0.300. The zero-order chi connectivity index (χ0) is 11.3. The summed E-state index contributed by atoms with van der Waals surface area (Å²) in [5.74, 6) is -0.124. The van der Waals surface area contributed by atoms with Crippen molar-refractivity contribution >= 4 is 17.5 Å². The maximum atomic E-state index is 12.6. The second-order valence-corrected chi connectivity index (χ2v) is 3.31. The third-order valence-electron chi connectivity index (χ3n) is 1.63. The van der Waals surface area contributed by atoms with Gasteiger partial charge < -0.3 is 10.1 Å². The number of rotatable bonds is 4. The molecule has 1 rings (SSSR count). The van der Waals surface area contributed by atoms with Crippen molar-refractivity contribution in [3.63, 3.8) is 0 Å². The van der Waals surface area contributed by atoms with E-state index >= 15 is 0 Å². The molecule has 0 bridgehead atoms. The first-order valence-corrected chi connectivity index (χ1v) is 4.79. The van der Waals surface area contributed by atoms with Gasteiger partial charge in [-0.05, 0) is 18.2 Å². The van der Waals surface area contributed by atoms with Crippen molar-refractivity contribution in [1.82, 2.24) is 5.32 Å². The quantitative estimate of drug-likeness (QED) is 0.805. The Morgan fingerprint density at radius 1 is 1.60 bits per heavy atom. The van der Waals surface area contributed by atoms with Gasteiger partial charge in [0.1, 0.15) is 18.2 Å². The molecule has 1 N–H and O–H groups in total. The Hall–Kier alpha value is -1.29. The van der Waals surface area contributed by atoms with E-state index in [2.05, 4.69) is 5.32 Å². The van der Waals surface area contributed by atoms with E-state index in [1.54, 1.807) is 0 Å². The Balaban J connectivity index is 2.40. The van der Waals surface area contributed by atoms with Crippen LogP contribution in [0.4, 0.5) is 4.39 Å². The predicted molar refractivity (Wildman–Crippen MR) is 55.6 cm³/mol. The van der Waals surface area contributed by atoms with Crippen LogP contribution in [0.2, 0.25) is 5.02 Å². The summed E-state index contributed by atoms with van der Waals surface area (Å²) in [5.41, 5.74) is 0. The van der Waals surface area contributed by atoms with Gasteiger partial charge in [0.2, 0.25) is 5.91 Å². The van der Waals surface area contributed by atoms with Crippen molar-refractivity contribution in [3.05, 3.63) is 29.0 Å². The summed E-state index contributed by atoms with van der Waals surface area (Å²) >= 11 is 5.72. The smallest absolute Gasteiger partial charge is 0.216 e. The molecular formula is C10H11ClFNO2. The molecule has 82 valence electrons. The van der Waals surface area contributed by atoms with E-state index in [-0.39, 0.29) is 10.9 Å². The summed E-state index contributed by atoms with van der Waals surface area (Å²) < 4.78 is 17.9. The van der Waals surface area contributed by atoms with Crippen LogP contribution in [0, 0.1) is 5.82 Å². The zero-order valence-corrected chi connectivity index (χ0v) is 8.97. The highest BCUT2D eigenvalue weighted by Gasteiger charge is 2.02. The summed E-state index contributed by atoms with van der Waals surface area (Å²) in [5, 5.41) is 2.79. The van der Waals surface area contributed by atoms with Gasteiger partial charge >= 0.3 is 0 Å². The molecule has 3 nitrogen and oxygen atoms in total. The number of hydrogen-bond acceptors (Lipinski definition) is 2. The molecule has 0 aliphatic carbocycles. The Bertz CT molecular complexity index is 357. The van der Waals surface area contributed by atoms with Crippen LogP contribution in [-0.2, 0) is 4.79 Å². The lowest BCUT2D eigenvalue weighted by atomic mass is 10.3. The van der Waals surface area contributed by atoms with E-state index in [1.807, 2.05) is 0 Å². The van der Waals surface area contributed by atoms with Crippen LogP contribution in [0.1, 0.15) is 6.92 Å². The molecule has 0 aromatic heterocycles. The molecule has 0 radical (unpaired) electrons. The number of hydrogen-bond donors (Lipinski definition) is 1. The van der Waals surface area contributed by atoms with Gasteiger partial charge in [0.15, 0.2) is 0 Å². The van der Waals surface area contributed by atoms with Gasteiger partial charge in [-0.3, -0.25) is 4.79 Å². The Morgan fingerprint density at radius 3 is 2.93 bits per heavy atom. The third-order valence-corrected chi connectivity index (χ3v) is 1.92. The van der Waals surface area contributed by atoms with Crippen LogP contribution in [0.15, 0.2) is 18.2 Å². The first-order chi connectivity index (χ1) is 7.09. The Labute approximate surface area is 92.2 Å². The summed E-state index contributed by atoms with van der Waals surface area (Å²) in [7, 11) is 0. The molecule has 1 aromatic carbocycles. The van der Waals surface area contributed by atoms with Crippen LogP contribution in [0.3, 0.4) is 0 Å². The van der Waals surface area contributed by atoms with E-state index in [0.29, 0.717) is 18.9 Å². The highest BCUT2D eigenvalue weighted by Crippen LogP contribution is 2.24. The first kappa shape index (κ1) is 11.8. The minimum Gasteiger partial charge on any atom is -0.490 e. The Kier molecular flexibility index (Phi) is 4.37. The average Bonchev–Trinajstić information content (AvgIpc) is 2.14. The summed E-state index contributed by atoms with van der Waals surface area (Å²) in [6, 6.07) is 3.89. The maximum Gasteiger partial charge on any atom is 0.216 e. The first-order valence-electron chi connectivity index (χ1n) is 4.42. The van der Waals surface area contributed by atoms with E-state index in [0.717, 1.165) is 0 Å². The number of amides is 1. The third kappa shape index (κ3) is 4.16. The van der Waals surface area contributed by atoms with Crippen LogP contribution in [0.25, 0.3) is 0 Å². The van der Waals surface area contributed by atoms with Crippen LogP contribution < -0.4 is 10.1 Å². The number of carbonyl (C=O) groups is 1. The fourth-order valence-electron chi connectivity index (χ4n) is 0.980. The molecule has 5 heteroatoms. The largest absolute Gasteiger partial charge is 0.490 e. The van der Waals surface area contributed by atoms with Gasteiger partial charge in [-0.15, -0.1) is 0 Å².